The molecule has 0 saturated carbocycles. The highest BCUT2D eigenvalue weighted by Crippen LogP contribution is 2.06. The first-order chi connectivity index (χ1) is 4.86. The third-order valence-corrected chi connectivity index (χ3v) is 1.16. The number of rotatable bonds is 3. The number of hydrogen-bond acceptors (Lipinski definition) is 3. The Balaban J connectivity index is 2.67. The fraction of sp³-hybridized carbons (Fsp3) is 0.333. The van der Waals surface area contributed by atoms with Gasteiger partial charge >= 0.3 is 0 Å². The fourth-order valence-electron chi connectivity index (χ4n) is 0.631. The lowest BCUT2D eigenvalue weighted by Gasteiger charge is -1.83. The molecule has 54 valence electrons. The predicted molar refractivity (Wildman–Crippen MR) is 34.7 cm³/mol. The zero-order chi connectivity index (χ0) is 7.40. The number of aromatic nitrogens is 2. The molecule has 0 bridgehead atoms. The van der Waals surface area contributed by atoms with Crippen LogP contribution in [0.1, 0.15) is 12.6 Å². The standard InChI is InChI=1S/C6H8N2O2/c1-2-5-3-6(8-7-5)10-4-9/h3-4H,2H2,1H3,(H,7,8). The van der Waals surface area contributed by atoms with Crippen molar-refractivity contribution in [3.05, 3.63) is 11.8 Å². The second-order valence-corrected chi connectivity index (χ2v) is 1.80. The molecule has 0 unspecified atom stereocenters. The number of aryl methyl sites for hydroxylation is 1. The second kappa shape index (κ2) is 3.00. The third-order valence-electron chi connectivity index (χ3n) is 1.16. The molecule has 0 fully saturated rings. The maximum atomic E-state index is 9.80. The van der Waals surface area contributed by atoms with Gasteiger partial charge in [-0.05, 0) is 6.42 Å². The van der Waals surface area contributed by atoms with Crippen molar-refractivity contribution < 1.29 is 9.53 Å². The molecule has 0 aliphatic rings. The molecule has 1 N–H and O–H groups in total. The van der Waals surface area contributed by atoms with Crippen LogP contribution in [0.15, 0.2) is 6.07 Å². The summed E-state index contributed by atoms with van der Waals surface area (Å²) in [5.74, 6) is 0.326. The Bertz CT molecular complexity index is 219. The monoisotopic (exact) mass is 140 g/mol. The Morgan fingerprint density at radius 2 is 2.70 bits per heavy atom. The van der Waals surface area contributed by atoms with E-state index in [1.54, 1.807) is 6.07 Å². The summed E-state index contributed by atoms with van der Waals surface area (Å²) in [5, 5.41) is 6.40. The van der Waals surface area contributed by atoms with Crippen molar-refractivity contribution in [1.82, 2.24) is 10.2 Å². The minimum atomic E-state index is 0.326. The van der Waals surface area contributed by atoms with Crippen molar-refractivity contribution >= 4 is 6.47 Å². The number of carbonyl (C=O) groups excluding carboxylic acids is 1. The lowest BCUT2D eigenvalue weighted by molar-refractivity contribution is -0.120. The second-order valence-electron chi connectivity index (χ2n) is 1.80. The number of aromatic amines is 1. The van der Waals surface area contributed by atoms with Gasteiger partial charge in [0.1, 0.15) is 0 Å². The molecule has 0 radical (unpaired) electrons. The van der Waals surface area contributed by atoms with Crippen LogP contribution in [-0.4, -0.2) is 16.7 Å². The van der Waals surface area contributed by atoms with Gasteiger partial charge < -0.3 is 4.74 Å². The van der Waals surface area contributed by atoms with E-state index in [2.05, 4.69) is 14.9 Å². The Kier molecular flexibility index (Phi) is 2.04. The number of carbonyl (C=O) groups is 1. The molecule has 0 aliphatic heterocycles. The predicted octanol–water partition coefficient (Wildman–Crippen LogP) is 0.507. The number of H-pyrrole nitrogens is 1. The maximum absolute atomic E-state index is 9.80. The molecule has 1 aromatic rings. The van der Waals surface area contributed by atoms with Crippen LogP contribution < -0.4 is 4.74 Å². The van der Waals surface area contributed by atoms with Crippen molar-refractivity contribution in [1.29, 1.82) is 0 Å². The maximum Gasteiger partial charge on any atom is 0.299 e. The number of nitrogens with one attached hydrogen (secondary N) is 1. The van der Waals surface area contributed by atoms with Crippen molar-refractivity contribution in [3.63, 3.8) is 0 Å². The molecule has 4 nitrogen and oxygen atoms in total. The molecule has 1 aromatic heterocycles. The molecule has 0 atom stereocenters. The molecule has 0 aromatic carbocycles. The molecule has 0 aliphatic carbocycles. The van der Waals surface area contributed by atoms with Crippen molar-refractivity contribution in [3.8, 4) is 5.88 Å². The first-order valence-electron chi connectivity index (χ1n) is 3.01. The van der Waals surface area contributed by atoms with E-state index in [4.69, 9.17) is 0 Å². The van der Waals surface area contributed by atoms with E-state index in [-0.39, 0.29) is 0 Å². The largest absolute Gasteiger partial charge is 0.408 e. The highest BCUT2D eigenvalue weighted by Gasteiger charge is 1.97. The summed E-state index contributed by atoms with van der Waals surface area (Å²) in [6, 6.07) is 1.69. The van der Waals surface area contributed by atoms with Gasteiger partial charge in [0.15, 0.2) is 0 Å². The SMILES string of the molecule is CCc1cc(OC=O)n[nH]1. The lowest BCUT2D eigenvalue weighted by atomic mass is 10.3. The lowest BCUT2D eigenvalue weighted by Crippen LogP contribution is -1.87. The van der Waals surface area contributed by atoms with Crippen molar-refractivity contribution in [2.24, 2.45) is 0 Å². The number of nitrogens with zero attached hydrogens (tertiary/aromatic N) is 1. The summed E-state index contributed by atoms with van der Waals surface area (Å²) in [6.07, 6.45) is 0.856. The Morgan fingerprint density at radius 3 is 3.20 bits per heavy atom. The van der Waals surface area contributed by atoms with Crippen LogP contribution in [0.25, 0.3) is 0 Å². The minimum Gasteiger partial charge on any atom is -0.408 e. The van der Waals surface area contributed by atoms with Gasteiger partial charge in [-0.2, -0.15) is 0 Å². The summed E-state index contributed by atoms with van der Waals surface area (Å²) < 4.78 is 4.47. The Morgan fingerprint density at radius 1 is 1.90 bits per heavy atom. The zero-order valence-electron chi connectivity index (χ0n) is 5.63. The average Bonchev–Trinajstić information content (AvgIpc) is 2.37. The normalized spacial score (nSPS) is 9.30. The van der Waals surface area contributed by atoms with Gasteiger partial charge in [-0.1, -0.05) is 6.92 Å². The highest BCUT2D eigenvalue weighted by atomic mass is 16.5. The van der Waals surface area contributed by atoms with Crippen LogP contribution in [-0.2, 0) is 11.2 Å². The van der Waals surface area contributed by atoms with E-state index >= 15 is 0 Å². The van der Waals surface area contributed by atoms with Gasteiger partial charge in [-0.25, -0.2) is 0 Å². The number of ether oxygens (including phenoxy) is 1. The van der Waals surface area contributed by atoms with Gasteiger partial charge in [-0.15, -0.1) is 5.10 Å². The van der Waals surface area contributed by atoms with E-state index in [9.17, 15) is 4.79 Å². The van der Waals surface area contributed by atoms with Crippen LogP contribution in [0.2, 0.25) is 0 Å². The van der Waals surface area contributed by atoms with Crippen LogP contribution >= 0.6 is 0 Å². The van der Waals surface area contributed by atoms with E-state index < -0.39 is 0 Å². The van der Waals surface area contributed by atoms with Gasteiger partial charge in [0.2, 0.25) is 5.88 Å². The third kappa shape index (κ3) is 1.34. The van der Waals surface area contributed by atoms with E-state index in [0.717, 1.165) is 12.1 Å². The number of hydrogen-bond donors (Lipinski definition) is 1. The molecule has 4 heteroatoms. The molecule has 0 amide bonds. The summed E-state index contributed by atoms with van der Waals surface area (Å²) in [4.78, 5) is 9.80. The van der Waals surface area contributed by atoms with Crippen LogP contribution in [0.5, 0.6) is 5.88 Å². The highest BCUT2D eigenvalue weighted by molar-refractivity contribution is 5.42. The molecule has 1 heterocycles. The van der Waals surface area contributed by atoms with Gasteiger partial charge in [0.25, 0.3) is 6.47 Å². The quantitative estimate of drug-likeness (QED) is 0.622. The molecule has 0 spiro atoms. The van der Waals surface area contributed by atoms with E-state index in [1.165, 1.54) is 0 Å². The fourth-order valence-corrected chi connectivity index (χ4v) is 0.631. The molecule has 1 rings (SSSR count). The van der Waals surface area contributed by atoms with Crippen LogP contribution in [0, 0.1) is 0 Å². The summed E-state index contributed by atoms with van der Waals surface area (Å²) >= 11 is 0. The Labute approximate surface area is 58.2 Å². The van der Waals surface area contributed by atoms with Gasteiger partial charge in [0.05, 0.1) is 0 Å². The topological polar surface area (TPSA) is 55.0 Å². The summed E-state index contributed by atoms with van der Waals surface area (Å²) in [6.45, 7) is 2.34. The Hall–Kier alpha value is -1.32. The zero-order valence-corrected chi connectivity index (χ0v) is 5.63. The first kappa shape index (κ1) is 6.80. The summed E-state index contributed by atoms with van der Waals surface area (Å²) in [5.41, 5.74) is 0.955. The molecule has 10 heavy (non-hydrogen) atoms. The summed E-state index contributed by atoms with van der Waals surface area (Å²) in [7, 11) is 0. The first-order valence-corrected chi connectivity index (χ1v) is 3.01. The van der Waals surface area contributed by atoms with Crippen LogP contribution in [0.3, 0.4) is 0 Å². The van der Waals surface area contributed by atoms with Crippen LogP contribution in [0.4, 0.5) is 0 Å². The van der Waals surface area contributed by atoms with Gasteiger partial charge in [-0.3, -0.25) is 9.89 Å². The molecular weight excluding hydrogens is 132 g/mol. The smallest absolute Gasteiger partial charge is 0.299 e. The minimum absolute atomic E-state index is 0.326. The molecular formula is C6H8N2O2. The van der Waals surface area contributed by atoms with Crippen molar-refractivity contribution in [2.45, 2.75) is 13.3 Å². The van der Waals surface area contributed by atoms with E-state index in [0.29, 0.717) is 12.4 Å². The van der Waals surface area contributed by atoms with Gasteiger partial charge in [0, 0.05) is 11.8 Å². The van der Waals surface area contributed by atoms with Crippen molar-refractivity contribution in [2.75, 3.05) is 0 Å². The average molecular weight is 140 g/mol. The molecule has 0 saturated heterocycles. The van der Waals surface area contributed by atoms with E-state index in [1.807, 2.05) is 6.92 Å².